The largest absolute Gasteiger partial charge is 0.310 e. The first-order valence-corrected chi connectivity index (χ1v) is 28.7. The number of allylic oxidation sites excluding steroid dienone is 1. The summed E-state index contributed by atoms with van der Waals surface area (Å²) in [7, 11) is 0. The molecule has 0 atom stereocenters. The van der Waals surface area contributed by atoms with Crippen LogP contribution in [0.2, 0.25) is 0 Å². The maximum atomic E-state index is 2.48. The monoisotopic (exact) mass is 1060 g/mol. The van der Waals surface area contributed by atoms with Gasteiger partial charge in [0.1, 0.15) is 0 Å². The zero-order valence-corrected chi connectivity index (χ0v) is 45.6. The highest BCUT2D eigenvalue weighted by atomic mass is 15.1. The Bertz CT molecular complexity index is 5250. The molecule has 83 heavy (non-hydrogen) atoms. The van der Waals surface area contributed by atoms with E-state index in [4.69, 9.17) is 0 Å². The molecular formula is C79H52N4. The summed E-state index contributed by atoms with van der Waals surface area (Å²) < 4.78 is 7.43. The number of aromatic nitrogens is 3. The fraction of sp³-hybridized carbons (Fsp3) is 0.0127. The first-order chi connectivity index (χ1) is 41.2. The number of benzene rings is 14. The van der Waals surface area contributed by atoms with Crippen molar-refractivity contribution in [3.63, 3.8) is 0 Å². The summed E-state index contributed by atoms with van der Waals surface area (Å²) in [5, 5.41) is 18.6. The SMILES string of the molecule is C/C=C\c1c(-c2ccccc2)c2ccc3ccccc3c2n1-c1ccc(N(c2ccc(-n3c4ccc5ccccc5c4c4ccc5ccccc5c43)cc2)c2ccc(-n3c4ccc5ccccc5c4c4ccc5ccccc5c43)cc2)cc1. The van der Waals surface area contributed by atoms with Gasteiger partial charge in [-0.15, -0.1) is 0 Å². The Morgan fingerprint density at radius 1 is 0.277 bits per heavy atom. The number of anilines is 3. The molecule has 0 saturated carbocycles. The zero-order chi connectivity index (χ0) is 54.7. The molecule has 0 amide bonds. The fourth-order valence-corrected chi connectivity index (χ4v) is 13.9. The second-order valence-corrected chi connectivity index (χ2v) is 21.9. The number of hydrogen-bond acceptors (Lipinski definition) is 1. The molecule has 4 nitrogen and oxygen atoms in total. The van der Waals surface area contributed by atoms with Gasteiger partial charge in [0.2, 0.25) is 0 Å². The summed E-state index contributed by atoms with van der Waals surface area (Å²) >= 11 is 0. The summed E-state index contributed by atoms with van der Waals surface area (Å²) in [6.07, 6.45) is 4.43. The average molecular weight is 1060 g/mol. The molecule has 14 aromatic carbocycles. The molecule has 0 bridgehead atoms. The summed E-state index contributed by atoms with van der Waals surface area (Å²) in [6, 6.07) is 105. The molecule has 0 saturated heterocycles. The standard InChI is InChI=1S/C79H52N4/c1-2-16-71-74(56-22-4-3-5-23-56)68-46-29-53-19-8-13-26-65(53)77(68)81(71)60-40-34-57(35-41-60)80(58-36-42-61(43-37-58)82-72-49-32-51-17-6-11-24-63(51)75(72)69-47-30-54-20-9-14-27-66(54)78(69)82)59-38-44-62(45-39-59)83-73-50-33-52-18-7-12-25-64(52)76(73)70-48-31-55-21-10-15-28-67(55)79(70)83/h2-50H,1H3/b16-2-. The zero-order valence-electron chi connectivity index (χ0n) is 45.6. The molecular weight excluding hydrogens is 1000 g/mol. The van der Waals surface area contributed by atoms with E-state index in [1.807, 2.05) is 0 Å². The summed E-state index contributed by atoms with van der Waals surface area (Å²) in [5.41, 5.74) is 16.0. The third kappa shape index (κ3) is 7.13. The van der Waals surface area contributed by atoms with Crippen LogP contribution in [0.5, 0.6) is 0 Å². The van der Waals surface area contributed by atoms with Gasteiger partial charge in [-0.2, -0.15) is 0 Å². The van der Waals surface area contributed by atoms with Crippen LogP contribution in [0.4, 0.5) is 17.1 Å². The van der Waals surface area contributed by atoms with Crippen LogP contribution in [-0.2, 0) is 0 Å². The molecule has 3 heterocycles. The molecule has 388 valence electrons. The third-order valence-corrected chi connectivity index (χ3v) is 17.5. The van der Waals surface area contributed by atoms with E-state index in [0.717, 1.165) is 39.8 Å². The highest BCUT2D eigenvalue weighted by Crippen LogP contribution is 2.46. The van der Waals surface area contributed by atoms with Crippen molar-refractivity contribution in [3.05, 3.63) is 297 Å². The third-order valence-electron chi connectivity index (χ3n) is 17.5. The maximum absolute atomic E-state index is 2.48. The van der Waals surface area contributed by atoms with Crippen LogP contribution in [0, 0.1) is 0 Å². The van der Waals surface area contributed by atoms with Crippen LogP contribution in [0.3, 0.4) is 0 Å². The van der Waals surface area contributed by atoms with Crippen LogP contribution in [0.1, 0.15) is 12.6 Å². The first kappa shape index (κ1) is 46.9. The number of hydrogen-bond donors (Lipinski definition) is 0. The van der Waals surface area contributed by atoms with Crippen molar-refractivity contribution in [1.82, 2.24) is 13.7 Å². The van der Waals surface area contributed by atoms with E-state index in [1.54, 1.807) is 0 Å². The van der Waals surface area contributed by atoms with Gasteiger partial charge in [0.05, 0.1) is 33.3 Å². The Hall–Kier alpha value is -10.9. The molecule has 0 aliphatic rings. The highest BCUT2D eigenvalue weighted by molar-refractivity contribution is 6.27. The quantitative estimate of drug-likeness (QED) is 0.148. The average Bonchev–Trinajstić information content (AvgIpc) is 1.96. The minimum Gasteiger partial charge on any atom is -0.310 e. The van der Waals surface area contributed by atoms with E-state index in [0.29, 0.717) is 0 Å². The Morgan fingerprint density at radius 2 is 0.614 bits per heavy atom. The van der Waals surface area contributed by atoms with Crippen LogP contribution >= 0.6 is 0 Å². The maximum Gasteiger partial charge on any atom is 0.0619 e. The number of rotatable bonds is 8. The van der Waals surface area contributed by atoms with Crippen LogP contribution in [-0.4, -0.2) is 13.7 Å². The molecule has 0 aliphatic heterocycles. The Morgan fingerprint density at radius 3 is 1.04 bits per heavy atom. The van der Waals surface area contributed by atoms with E-state index in [9.17, 15) is 0 Å². The summed E-state index contributed by atoms with van der Waals surface area (Å²) in [6.45, 7) is 2.11. The smallest absolute Gasteiger partial charge is 0.0619 e. The van der Waals surface area contributed by atoms with Crippen LogP contribution in [0.15, 0.2) is 291 Å². The minimum atomic E-state index is 1.05. The van der Waals surface area contributed by atoms with Gasteiger partial charge in [-0.05, 0) is 141 Å². The molecule has 0 spiro atoms. The lowest BCUT2D eigenvalue weighted by atomic mass is 9.99. The lowest BCUT2D eigenvalue weighted by Crippen LogP contribution is -2.10. The molecule has 0 N–H and O–H groups in total. The summed E-state index contributed by atoms with van der Waals surface area (Å²) in [5.74, 6) is 0. The lowest BCUT2D eigenvalue weighted by molar-refractivity contribution is 1.11. The molecule has 0 radical (unpaired) electrons. The van der Waals surface area contributed by atoms with Crippen molar-refractivity contribution in [2.75, 3.05) is 4.90 Å². The highest BCUT2D eigenvalue weighted by Gasteiger charge is 2.24. The van der Waals surface area contributed by atoms with E-state index in [2.05, 4.69) is 323 Å². The second-order valence-electron chi connectivity index (χ2n) is 21.9. The van der Waals surface area contributed by atoms with Crippen molar-refractivity contribution < 1.29 is 0 Å². The fourth-order valence-electron chi connectivity index (χ4n) is 13.9. The van der Waals surface area contributed by atoms with Crippen molar-refractivity contribution in [2.24, 2.45) is 0 Å². The molecule has 3 aromatic heterocycles. The van der Waals surface area contributed by atoms with Gasteiger partial charge in [0.15, 0.2) is 0 Å². The van der Waals surface area contributed by atoms with Gasteiger partial charge in [-0.1, -0.05) is 206 Å². The number of fused-ring (bicyclic) bond motifs is 17. The normalized spacial score (nSPS) is 12.1. The van der Waals surface area contributed by atoms with Gasteiger partial charge in [-0.25, -0.2) is 0 Å². The van der Waals surface area contributed by atoms with Crippen molar-refractivity contribution in [3.8, 4) is 28.2 Å². The Balaban J connectivity index is 0.863. The summed E-state index contributed by atoms with van der Waals surface area (Å²) in [4.78, 5) is 2.41. The predicted octanol–water partition coefficient (Wildman–Crippen LogP) is 21.8. The van der Waals surface area contributed by atoms with Gasteiger partial charge in [-0.3, -0.25) is 0 Å². The first-order valence-electron chi connectivity index (χ1n) is 28.7. The molecule has 0 unspecified atom stereocenters. The van der Waals surface area contributed by atoms with Crippen molar-refractivity contribution >= 4 is 132 Å². The molecule has 4 heteroatoms. The van der Waals surface area contributed by atoms with E-state index < -0.39 is 0 Å². The van der Waals surface area contributed by atoms with E-state index in [1.165, 1.54) is 120 Å². The molecule has 17 aromatic rings. The van der Waals surface area contributed by atoms with Gasteiger partial charge >= 0.3 is 0 Å². The lowest BCUT2D eigenvalue weighted by Gasteiger charge is -2.26. The predicted molar refractivity (Wildman–Crippen MR) is 354 cm³/mol. The van der Waals surface area contributed by atoms with Gasteiger partial charge in [0, 0.05) is 82.8 Å². The van der Waals surface area contributed by atoms with Gasteiger partial charge in [0.25, 0.3) is 0 Å². The second kappa shape index (κ2) is 18.6. The van der Waals surface area contributed by atoms with Crippen LogP contribution < -0.4 is 4.90 Å². The molecule has 17 rings (SSSR count). The molecule has 0 fully saturated rings. The topological polar surface area (TPSA) is 18.0 Å². The van der Waals surface area contributed by atoms with Gasteiger partial charge < -0.3 is 18.6 Å². The van der Waals surface area contributed by atoms with Crippen molar-refractivity contribution in [2.45, 2.75) is 6.92 Å². The van der Waals surface area contributed by atoms with E-state index >= 15 is 0 Å². The van der Waals surface area contributed by atoms with Crippen LogP contribution in [0.25, 0.3) is 143 Å². The number of nitrogens with zero attached hydrogens (tertiary/aromatic N) is 4. The molecule has 0 aliphatic carbocycles. The van der Waals surface area contributed by atoms with E-state index in [-0.39, 0.29) is 0 Å². The Kier molecular flexibility index (Phi) is 10.5. The Labute approximate surface area is 479 Å². The van der Waals surface area contributed by atoms with Crippen molar-refractivity contribution in [1.29, 1.82) is 0 Å². The minimum absolute atomic E-state index is 1.05.